The molecule has 5 N–H and O–H groups in total. The summed E-state index contributed by atoms with van der Waals surface area (Å²) in [6, 6.07) is 5.00. The third kappa shape index (κ3) is 4.38. The van der Waals surface area contributed by atoms with Crippen molar-refractivity contribution >= 4 is 24.1 Å². The number of rotatable bonds is 9. The van der Waals surface area contributed by atoms with Crippen molar-refractivity contribution in [1.29, 1.82) is 0 Å². The summed E-state index contributed by atoms with van der Waals surface area (Å²) in [5.41, 5.74) is 5.91. The molecule has 1 amide bonds. The maximum atomic E-state index is 12.5. The summed E-state index contributed by atoms with van der Waals surface area (Å²) in [6.45, 7) is 0. The van der Waals surface area contributed by atoms with Crippen molar-refractivity contribution < 1.29 is 29.4 Å². The number of hydrogen-bond acceptors (Lipinski definition) is 5. The molecular formula is C14H16N2O6. The molecule has 0 bridgehead atoms. The lowest BCUT2D eigenvalue weighted by molar-refractivity contribution is -0.142. The molecular weight excluding hydrogens is 292 g/mol. The zero-order valence-electron chi connectivity index (χ0n) is 11.5. The number of carbonyl (C=O) groups is 4. The maximum absolute atomic E-state index is 12.5. The van der Waals surface area contributed by atoms with Gasteiger partial charge in [-0.25, -0.2) is 0 Å². The van der Waals surface area contributed by atoms with Crippen LogP contribution >= 0.6 is 0 Å². The van der Waals surface area contributed by atoms with Gasteiger partial charge < -0.3 is 21.3 Å². The van der Waals surface area contributed by atoms with Crippen LogP contribution in [0, 0.1) is 0 Å². The van der Waals surface area contributed by atoms with Crippen molar-refractivity contribution in [3.05, 3.63) is 35.9 Å². The van der Waals surface area contributed by atoms with Crippen molar-refractivity contribution in [2.45, 2.75) is 24.4 Å². The van der Waals surface area contributed by atoms with Crippen LogP contribution in [0.3, 0.4) is 0 Å². The Labute approximate surface area is 125 Å². The van der Waals surface area contributed by atoms with Gasteiger partial charge in [-0.15, -0.1) is 0 Å². The number of carboxylic acid groups (broad SMARTS) is 2. The van der Waals surface area contributed by atoms with Gasteiger partial charge in [0.25, 0.3) is 0 Å². The molecule has 3 atom stereocenters. The van der Waals surface area contributed by atoms with E-state index in [2.05, 4.69) is 5.32 Å². The van der Waals surface area contributed by atoms with E-state index in [1.807, 2.05) is 0 Å². The minimum absolute atomic E-state index is 0.194. The Bertz CT molecular complexity index is 560. The molecule has 0 aliphatic heterocycles. The van der Waals surface area contributed by atoms with Gasteiger partial charge in [-0.1, -0.05) is 30.3 Å². The lowest BCUT2D eigenvalue weighted by Crippen LogP contribution is -2.48. The Hall–Kier alpha value is -2.74. The van der Waals surface area contributed by atoms with Crippen molar-refractivity contribution in [3.8, 4) is 0 Å². The fraction of sp³-hybridized carbons (Fsp3) is 0.286. The molecule has 1 rings (SSSR count). The van der Waals surface area contributed by atoms with Crippen LogP contribution in [0.2, 0.25) is 0 Å². The van der Waals surface area contributed by atoms with Gasteiger partial charge in [-0.3, -0.25) is 19.2 Å². The molecule has 1 unspecified atom stereocenters. The van der Waals surface area contributed by atoms with E-state index in [0.717, 1.165) is 0 Å². The summed E-state index contributed by atoms with van der Waals surface area (Å²) in [6.07, 6.45) is -0.465. The molecule has 0 aliphatic rings. The number of nitrogens with two attached hydrogens (primary N) is 1. The normalized spacial score (nSPS) is 14.4. The number of amides is 1. The van der Waals surface area contributed by atoms with Crippen LogP contribution < -0.4 is 11.1 Å². The van der Waals surface area contributed by atoms with Gasteiger partial charge in [-0.2, -0.15) is 0 Å². The number of carbonyl (C=O) groups excluding carboxylic acids is 2. The number of benzene rings is 1. The Morgan fingerprint density at radius 2 is 1.77 bits per heavy atom. The van der Waals surface area contributed by atoms with Gasteiger partial charge in [0.15, 0.2) is 5.78 Å². The lowest BCUT2D eigenvalue weighted by Gasteiger charge is -2.24. The van der Waals surface area contributed by atoms with Gasteiger partial charge in [0.1, 0.15) is 6.04 Å². The topological polar surface area (TPSA) is 147 Å². The highest BCUT2D eigenvalue weighted by atomic mass is 16.4. The highest BCUT2D eigenvalue weighted by Crippen LogP contribution is 2.22. The summed E-state index contributed by atoms with van der Waals surface area (Å²) in [5.74, 6) is -4.74. The number of ketones is 1. The number of hydrogen-bond donors (Lipinski definition) is 4. The highest BCUT2D eigenvalue weighted by Gasteiger charge is 2.36. The van der Waals surface area contributed by atoms with E-state index in [0.29, 0.717) is 5.56 Å². The van der Waals surface area contributed by atoms with E-state index in [4.69, 9.17) is 15.9 Å². The lowest BCUT2D eigenvalue weighted by atomic mass is 9.84. The van der Waals surface area contributed by atoms with Gasteiger partial charge in [0.05, 0.1) is 18.4 Å². The van der Waals surface area contributed by atoms with Crippen LogP contribution in [0.25, 0.3) is 0 Å². The molecule has 1 aromatic rings. The largest absolute Gasteiger partial charge is 0.481 e. The Morgan fingerprint density at radius 3 is 2.23 bits per heavy atom. The Morgan fingerprint density at radius 1 is 1.18 bits per heavy atom. The first-order chi connectivity index (χ1) is 10.4. The quantitative estimate of drug-likeness (QED) is 0.443. The summed E-state index contributed by atoms with van der Waals surface area (Å²) >= 11 is 0. The van der Waals surface area contributed by atoms with Crippen molar-refractivity contribution in [1.82, 2.24) is 5.32 Å². The first-order valence-electron chi connectivity index (χ1n) is 6.37. The van der Waals surface area contributed by atoms with Crippen LogP contribution in [0.5, 0.6) is 0 Å². The second kappa shape index (κ2) is 7.89. The Kier molecular flexibility index (Phi) is 6.21. The van der Waals surface area contributed by atoms with Crippen molar-refractivity contribution in [3.63, 3.8) is 0 Å². The molecule has 0 fully saturated rings. The highest BCUT2D eigenvalue weighted by molar-refractivity contribution is 5.98. The summed E-state index contributed by atoms with van der Waals surface area (Å²) in [7, 11) is 0. The summed E-state index contributed by atoms with van der Waals surface area (Å²) < 4.78 is 0. The molecule has 0 aliphatic carbocycles. The predicted molar refractivity (Wildman–Crippen MR) is 75.0 cm³/mol. The van der Waals surface area contributed by atoms with E-state index >= 15 is 0 Å². The van der Waals surface area contributed by atoms with Crippen LogP contribution in [0.4, 0.5) is 0 Å². The molecule has 0 spiro atoms. The second-order valence-corrected chi connectivity index (χ2v) is 4.59. The van der Waals surface area contributed by atoms with Gasteiger partial charge in [0, 0.05) is 0 Å². The monoisotopic (exact) mass is 308 g/mol. The summed E-state index contributed by atoms with van der Waals surface area (Å²) in [5, 5.41) is 20.0. The maximum Gasteiger partial charge on any atom is 0.321 e. The SMILES string of the molecule is N[C@H](C(=O)O)C(C(=O)[C@H](CC(=O)O)NC=O)c1ccccc1. The van der Waals surface area contributed by atoms with Crippen LogP contribution in [-0.2, 0) is 19.2 Å². The van der Waals surface area contributed by atoms with Crippen LogP contribution in [-0.4, -0.2) is 46.4 Å². The standard InChI is InChI=1S/C14H16N2O6/c15-12(14(21)22)11(8-4-2-1-3-5-8)13(20)9(16-7-17)6-10(18)19/h1-5,7,9,11-12H,6,15H2,(H,16,17)(H,18,19)(H,21,22)/t9-,11?,12-/m0/s1. The number of Topliss-reactive ketones (excluding diaryl/α,β-unsaturated/α-hetero) is 1. The summed E-state index contributed by atoms with van der Waals surface area (Å²) in [4.78, 5) is 45.0. The zero-order chi connectivity index (χ0) is 16.7. The molecule has 8 heteroatoms. The fourth-order valence-corrected chi connectivity index (χ4v) is 2.07. The average molecular weight is 308 g/mol. The van der Waals surface area contributed by atoms with Crippen molar-refractivity contribution in [2.24, 2.45) is 5.73 Å². The van der Waals surface area contributed by atoms with Crippen molar-refractivity contribution in [2.75, 3.05) is 0 Å². The zero-order valence-corrected chi connectivity index (χ0v) is 11.5. The minimum atomic E-state index is -1.56. The third-order valence-electron chi connectivity index (χ3n) is 3.10. The molecule has 0 saturated heterocycles. The van der Waals surface area contributed by atoms with E-state index in [1.165, 1.54) is 12.1 Å². The minimum Gasteiger partial charge on any atom is -0.481 e. The molecule has 118 valence electrons. The molecule has 0 radical (unpaired) electrons. The molecule has 0 heterocycles. The molecule has 0 aromatic heterocycles. The van der Waals surface area contributed by atoms with Crippen LogP contribution in [0.1, 0.15) is 17.9 Å². The molecule has 8 nitrogen and oxygen atoms in total. The molecule has 22 heavy (non-hydrogen) atoms. The third-order valence-corrected chi connectivity index (χ3v) is 3.10. The van der Waals surface area contributed by atoms with Gasteiger partial charge in [-0.05, 0) is 5.56 Å². The Balaban J connectivity index is 3.18. The fourth-order valence-electron chi connectivity index (χ4n) is 2.07. The first-order valence-corrected chi connectivity index (χ1v) is 6.37. The smallest absolute Gasteiger partial charge is 0.321 e. The first kappa shape index (κ1) is 17.3. The van der Waals surface area contributed by atoms with E-state index in [1.54, 1.807) is 18.2 Å². The van der Waals surface area contributed by atoms with Gasteiger partial charge >= 0.3 is 11.9 Å². The number of aliphatic carboxylic acids is 2. The number of nitrogens with one attached hydrogen (secondary N) is 1. The molecule has 0 saturated carbocycles. The predicted octanol–water partition coefficient (Wildman–Crippen LogP) is -0.659. The average Bonchev–Trinajstić information content (AvgIpc) is 2.47. The second-order valence-electron chi connectivity index (χ2n) is 4.59. The molecule has 1 aromatic carbocycles. The van der Waals surface area contributed by atoms with E-state index in [-0.39, 0.29) is 6.41 Å². The van der Waals surface area contributed by atoms with E-state index in [9.17, 15) is 19.2 Å². The van der Waals surface area contributed by atoms with Crippen LogP contribution in [0.15, 0.2) is 30.3 Å². The number of carboxylic acids is 2. The van der Waals surface area contributed by atoms with E-state index < -0.39 is 42.1 Å². The van der Waals surface area contributed by atoms with Gasteiger partial charge in [0.2, 0.25) is 6.41 Å².